The van der Waals surface area contributed by atoms with Crippen molar-refractivity contribution in [2.45, 2.75) is 0 Å². The van der Waals surface area contributed by atoms with Crippen molar-refractivity contribution in [2.24, 2.45) is 20.0 Å². The first-order chi connectivity index (χ1) is 20.0. The lowest BCUT2D eigenvalue weighted by atomic mass is 9.95. The molecule has 10 nitrogen and oxygen atoms in total. The van der Waals surface area contributed by atoms with Crippen LogP contribution in [0.15, 0.2) is 44.2 Å². The van der Waals surface area contributed by atoms with E-state index in [1.807, 2.05) is 80.6 Å². The van der Waals surface area contributed by atoms with E-state index in [-0.39, 0.29) is 11.5 Å². The first kappa shape index (κ1) is 34.8. The number of benzene rings is 2. The number of hydrogen-bond acceptors (Lipinski definition) is 10. The fourth-order valence-electron chi connectivity index (χ4n) is 3.77. The predicted octanol–water partition coefficient (Wildman–Crippen LogP) is 2.69. The van der Waals surface area contributed by atoms with Gasteiger partial charge in [0, 0.05) is 73.3 Å². The maximum Gasteiger partial charge on any atom is 0.133 e. The predicted molar refractivity (Wildman–Crippen MR) is 179 cm³/mol. The molecule has 2 aromatic carbocycles. The Bertz CT molecular complexity index is 1050. The Morgan fingerprint density at radius 2 is 0.667 bits per heavy atom. The van der Waals surface area contributed by atoms with Crippen LogP contribution in [0.1, 0.15) is 22.3 Å². The van der Waals surface area contributed by atoms with Gasteiger partial charge in [0.05, 0.1) is 26.2 Å². The molecule has 0 saturated carbocycles. The summed E-state index contributed by atoms with van der Waals surface area (Å²) >= 11 is 0. The van der Waals surface area contributed by atoms with Crippen LogP contribution >= 0.6 is 0 Å². The van der Waals surface area contributed by atoms with E-state index in [2.05, 4.69) is 39.6 Å². The zero-order valence-electron chi connectivity index (χ0n) is 26.7. The quantitative estimate of drug-likeness (QED) is 0.280. The van der Waals surface area contributed by atoms with Gasteiger partial charge >= 0.3 is 0 Å². The van der Waals surface area contributed by atoms with Gasteiger partial charge in [-0.15, -0.1) is 0 Å². The van der Waals surface area contributed by atoms with E-state index in [9.17, 15) is 10.2 Å². The molecule has 10 heteroatoms. The van der Waals surface area contributed by atoms with Crippen molar-refractivity contribution < 1.29 is 10.2 Å². The molecule has 0 aliphatic rings. The Morgan fingerprint density at radius 3 is 0.857 bits per heavy atom. The molecule has 230 valence electrons. The summed E-state index contributed by atoms with van der Waals surface area (Å²) in [6.45, 7) is 5.68. The summed E-state index contributed by atoms with van der Waals surface area (Å²) in [4.78, 5) is 26.5. The van der Waals surface area contributed by atoms with Crippen molar-refractivity contribution in [2.75, 3.05) is 109 Å². The van der Waals surface area contributed by atoms with Crippen LogP contribution in [0.4, 0.5) is 0 Å². The number of hydrogen-bond donors (Lipinski definition) is 2. The molecule has 0 atom stereocenters. The fourth-order valence-corrected chi connectivity index (χ4v) is 3.77. The Labute approximate surface area is 252 Å². The van der Waals surface area contributed by atoms with Gasteiger partial charge < -0.3 is 29.8 Å². The zero-order valence-corrected chi connectivity index (χ0v) is 26.7. The highest BCUT2D eigenvalue weighted by atomic mass is 16.3. The first-order valence-electron chi connectivity index (χ1n) is 14.3. The maximum absolute atomic E-state index is 11.1. The van der Waals surface area contributed by atoms with Gasteiger partial charge in [-0.05, 0) is 91.8 Å². The summed E-state index contributed by atoms with van der Waals surface area (Å²) in [5, 5.41) is 22.2. The highest BCUT2D eigenvalue weighted by Gasteiger charge is 2.13. The highest BCUT2D eigenvalue weighted by molar-refractivity contribution is 5.98. The third kappa shape index (κ3) is 12.6. The van der Waals surface area contributed by atoms with Crippen LogP contribution in [0.5, 0.6) is 11.5 Å². The molecule has 2 aromatic rings. The third-order valence-corrected chi connectivity index (χ3v) is 6.30. The van der Waals surface area contributed by atoms with Crippen LogP contribution in [0.3, 0.4) is 0 Å². The summed E-state index contributed by atoms with van der Waals surface area (Å²) in [6, 6.07) is 7.66. The van der Waals surface area contributed by atoms with Gasteiger partial charge in [0.25, 0.3) is 0 Å². The van der Waals surface area contributed by atoms with E-state index < -0.39 is 0 Å². The smallest absolute Gasteiger partial charge is 0.133 e. The van der Waals surface area contributed by atoms with E-state index in [4.69, 9.17) is 0 Å². The molecule has 0 amide bonds. The van der Waals surface area contributed by atoms with Crippen LogP contribution in [-0.2, 0) is 0 Å². The Hall–Kier alpha value is -3.44. The van der Waals surface area contributed by atoms with Gasteiger partial charge in [0.15, 0.2) is 0 Å². The number of aliphatic imine (C=N–C) groups is 4. The van der Waals surface area contributed by atoms with Gasteiger partial charge in [-0.25, -0.2) is 0 Å². The van der Waals surface area contributed by atoms with Crippen molar-refractivity contribution in [3.63, 3.8) is 0 Å². The van der Waals surface area contributed by atoms with Gasteiger partial charge in [0.2, 0.25) is 0 Å². The van der Waals surface area contributed by atoms with Crippen molar-refractivity contribution in [1.29, 1.82) is 0 Å². The fraction of sp³-hybridized carbons (Fsp3) is 0.500. The minimum Gasteiger partial charge on any atom is -0.507 e. The molecule has 42 heavy (non-hydrogen) atoms. The van der Waals surface area contributed by atoms with Crippen molar-refractivity contribution in [3.8, 4) is 22.6 Å². The number of aromatic hydroxyl groups is 2. The van der Waals surface area contributed by atoms with E-state index in [1.54, 1.807) is 24.9 Å². The summed E-state index contributed by atoms with van der Waals surface area (Å²) in [7, 11) is 16.0. The van der Waals surface area contributed by atoms with Gasteiger partial charge in [0.1, 0.15) is 11.5 Å². The Kier molecular flexibility index (Phi) is 15.0. The molecule has 0 unspecified atom stereocenters. The topological polar surface area (TPSA) is 103 Å². The normalized spacial score (nSPS) is 12.8. The average molecular weight is 579 g/mol. The molecular weight excluding hydrogens is 528 g/mol. The summed E-state index contributed by atoms with van der Waals surface area (Å²) in [6.07, 6.45) is 6.86. The van der Waals surface area contributed by atoms with Crippen LogP contribution in [0.25, 0.3) is 11.1 Å². The molecule has 0 aliphatic heterocycles. The second kappa shape index (κ2) is 18.2. The van der Waals surface area contributed by atoms with Crippen LogP contribution in [-0.4, -0.2) is 163 Å². The van der Waals surface area contributed by atoms with E-state index in [1.165, 1.54) is 0 Å². The summed E-state index contributed by atoms with van der Waals surface area (Å²) < 4.78 is 0. The molecule has 0 saturated heterocycles. The first-order valence-corrected chi connectivity index (χ1v) is 14.3. The minimum absolute atomic E-state index is 0.135. The van der Waals surface area contributed by atoms with Crippen molar-refractivity contribution in [1.82, 2.24) is 19.6 Å². The van der Waals surface area contributed by atoms with Crippen LogP contribution in [0, 0.1) is 0 Å². The van der Waals surface area contributed by atoms with Crippen molar-refractivity contribution in [3.05, 3.63) is 46.5 Å². The molecule has 0 fully saturated rings. The standard InChI is InChI=1S/C32H50N8O2/c1-37(2)13-9-33-21-27-17-25(18-28(31(27)41)22-34-10-14-38(3)4)26-19-29(23-35-11-15-39(5)6)32(42)30(20-26)24-36-12-16-40(7)8/h17-24,41-42H,9-16H2,1-8H3. The monoisotopic (exact) mass is 578 g/mol. The lowest BCUT2D eigenvalue weighted by Gasteiger charge is -2.13. The molecule has 2 rings (SSSR count). The van der Waals surface area contributed by atoms with Crippen molar-refractivity contribution >= 4 is 24.9 Å². The molecule has 0 heterocycles. The largest absolute Gasteiger partial charge is 0.507 e. The Balaban J connectivity index is 2.61. The van der Waals surface area contributed by atoms with Gasteiger partial charge in [-0.2, -0.15) is 0 Å². The molecule has 0 aromatic heterocycles. The second-order valence-corrected chi connectivity index (χ2v) is 11.4. The summed E-state index contributed by atoms with van der Waals surface area (Å²) in [5.41, 5.74) is 4.15. The molecular formula is C32H50N8O2. The second-order valence-electron chi connectivity index (χ2n) is 11.4. The van der Waals surface area contributed by atoms with E-state index >= 15 is 0 Å². The zero-order chi connectivity index (χ0) is 31.1. The molecule has 0 radical (unpaired) electrons. The average Bonchev–Trinajstić information content (AvgIpc) is 2.91. The molecule has 0 spiro atoms. The number of phenols is 2. The lowest BCUT2D eigenvalue weighted by molar-refractivity contribution is 0.420. The van der Waals surface area contributed by atoms with E-state index in [0.717, 1.165) is 37.3 Å². The molecule has 0 aliphatic carbocycles. The molecule has 2 N–H and O–H groups in total. The number of rotatable bonds is 17. The SMILES string of the molecule is CN(C)CCN=Cc1cc(-c2cc(C=NCCN(C)C)c(O)c(C=NCCN(C)C)c2)cc(C=NCCN(C)C)c1O. The number of nitrogens with zero attached hydrogens (tertiary/aromatic N) is 8. The van der Waals surface area contributed by atoms with Crippen LogP contribution in [0.2, 0.25) is 0 Å². The maximum atomic E-state index is 11.1. The van der Waals surface area contributed by atoms with E-state index in [0.29, 0.717) is 48.4 Å². The number of phenolic OH excluding ortho intramolecular Hbond substituents is 2. The van der Waals surface area contributed by atoms with Crippen LogP contribution < -0.4 is 0 Å². The minimum atomic E-state index is 0.135. The lowest BCUT2D eigenvalue weighted by Crippen LogP contribution is -2.15. The van der Waals surface area contributed by atoms with Gasteiger partial charge in [-0.1, -0.05) is 0 Å². The highest BCUT2D eigenvalue weighted by Crippen LogP contribution is 2.33. The number of likely N-dealkylation sites (N-methyl/N-ethyl adjacent to an activating group) is 4. The summed E-state index contributed by atoms with van der Waals surface area (Å²) in [5.74, 6) is 0.270. The van der Waals surface area contributed by atoms with Gasteiger partial charge in [-0.3, -0.25) is 20.0 Å². The third-order valence-electron chi connectivity index (χ3n) is 6.30. The Morgan fingerprint density at radius 1 is 0.452 bits per heavy atom. The molecule has 0 bridgehead atoms.